The van der Waals surface area contributed by atoms with Gasteiger partial charge < -0.3 is 19.7 Å². The fourth-order valence-corrected chi connectivity index (χ4v) is 2.94. The second kappa shape index (κ2) is 9.43. The van der Waals surface area contributed by atoms with Crippen LogP contribution in [0.1, 0.15) is 23.7 Å². The zero-order valence-electron chi connectivity index (χ0n) is 14.6. The molecule has 1 N–H and O–H groups in total. The van der Waals surface area contributed by atoms with Crippen LogP contribution in [0, 0.1) is 16.0 Å². The van der Waals surface area contributed by atoms with Gasteiger partial charge in [-0.15, -0.1) is 12.4 Å². The van der Waals surface area contributed by atoms with E-state index in [1.807, 2.05) is 7.05 Å². The first kappa shape index (κ1) is 21.0. The first-order valence-corrected chi connectivity index (χ1v) is 7.94. The number of amides is 1. The van der Waals surface area contributed by atoms with E-state index in [1.54, 1.807) is 11.8 Å². The molecule has 8 nitrogen and oxygen atoms in total. The molecule has 0 bridgehead atoms. The number of nitro benzene ring substituents is 1. The molecule has 1 heterocycles. The van der Waals surface area contributed by atoms with Crippen molar-refractivity contribution in [3.05, 3.63) is 27.8 Å². The average Bonchev–Trinajstić information content (AvgIpc) is 3.03. The third-order valence-corrected chi connectivity index (χ3v) is 4.07. The average molecular weight is 374 g/mol. The van der Waals surface area contributed by atoms with Crippen LogP contribution in [0.15, 0.2) is 12.1 Å². The summed E-state index contributed by atoms with van der Waals surface area (Å²) in [5, 5.41) is 14.5. The topological polar surface area (TPSA) is 93.9 Å². The Morgan fingerprint density at radius 2 is 2.16 bits per heavy atom. The number of nitro groups is 1. The van der Waals surface area contributed by atoms with Crippen molar-refractivity contribution in [1.82, 2.24) is 10.2 Å². The van der Waals surface area contributed by atoms with E-state index in [0.29, 0.717) is 31.4 Å². The van der Waals surface area contributed by atoms with Gasteiger partial charge in [-0.25, -0.2) is 0 Å². The number of carbonyl (C=O) groups is 1. The molecule has 1 unspecified atom stereocenters. The summed E-state index contributed by atoms with van der Waals surface area (Å²) < 4.78 is 10.6. The van der Waals surface area contributed by atoms with E-state index >= 15 is 0 Å². The number of rotatable bonds is 7. The first-order chi connectivity index (χ1) is 11.5. The van der Waals surface area contributed by atoms with Gasteiger partial charge in [0.15, 0.2) is 11.5 Å². The predicted molar refractivity (Wildman–Crippen MR) is 96.0 cm³/mol. The molecule has 0 aliphatic carbocycles. The van der Waals surface area contributed by atoms with Gasteiger partial charge in [-0.05, 0) is 32.9 Å². The summed E-state index contributed by atoms with van der Waals surface area (Å²) in [5.41, 5.74) is -0.230. The predicted octanol–water partition coefficient (Wildman–Crippen LogP) is 2.11. The molecular weight excluding hydrogens is 350 g/mol. The van der Waals surface area contributed by atoms with Crippen LogP contribution in [0.4, 0.5) is 5.69 Å². The number of likely N-dealkylation sites (tertiary alicyclic amines) is 1. The fraction of sp³-hybridized carbons (Fsp3) is 0.562. The Bertz CT molecular complexity index is 626. The lowest BCUT2D eigenvalue weighted by molar-refractivity contribution is -0.385. The van der Waals surface area contributed by atoms with Gasteiger partial charge in [-0.1, -0.05) is 0 Å². The van der Waals surface area contributed by atoms with Crippen molar-refractivity contribution in [2.75, 3.05) is 40.4 Å². The molecule has 1 aromatic carbocycles. The highest BCUT2D eigenvalue weighted by Gasteiger charge is 2.32. The molecule has 0 aromatic heterocycles. The number of carbonyl (C=O) groups excluding carboxylic acids is 1. The molecule has 1 saturated heterocycles. The molecule has 1 amide bonds. The van der Waals surface area contributed by atoms with Crippen molar-refractivity contribution in [2.24, 2.45) is 5.92 Å². The number of halogens is 1. The number of methoxy groups -OCH3 is 1. The van der Waals surface area contributed by atoms with Crippen LogP contribution < -0.4 is 14.8 Å². The summed E-state index contributed by atoms with van der Waals surface area (Å²) in [4.78, 5) is 25.3. The molecule has 140 valence electrons. The van der Waals surface area contributed by atoms with Gasteiger partial charge in [-0.2, -0.15) is 0 Å². The Labute approximate surface area is 153 Å². The lowest BCUT2D eigenvalue weighted by atomic mass is 10.1. The molecule has 1 aliphatic rings. The highest BCUT2D eigenvalue weighted by molar-refractivity contribution is 5.99. The quantitative estimate of drug-likeness (QED) is 0.581. The summed E-state index contributed by atoms with van der Waals surface area (Å²) >= 11 is 0. The third kappa shape index (κ3) is 4.73. The lowest BCUT2D eigenvalue weighted by Gasteiger charge is -2.18. The van der Waals surface area contributed by atoms with E-state index in [0.717, 1.165) is 13.0 Å². The maximum atomic E-state index is 12.8. The Hall–Kier alpha value is -2.06. The summed E-state index contributed by atoms with van der Waals surface area (Å²) in [5.74, 6) is 0.598. The van der Waals surface area contributed by atoms with Crippen molar-refractivity contribution in [3.63, 3.8) is 0 Å². The normalized spacial score (nSPS) is 16.3. The Balaban J connectivity index is 0.00000312. The van der Waals surface area contributed by atoms with Gasteiger partial charge in [0.25, 0.3) is 11.6 Å². The minimum atomic E-state index is -0.563. The van der Waals surface area contributed by atoms with Gasteiger partial charge in [0.2, 0.25) is 0 Å². The van der Waals surface area contributed by atoms with E-state index in [1.165, 1.54) is 19.2 Å². The highest BCUT2D eigenvalue weighted by atomic mass is 35.5. The summed E-state index contributed by atoms with van der Waals surface area (Å²) in [6, 6.07) is 2.66. The van der Waals surface area contributed by atoms with Crippen LogP contribution in [0.2, 0.25) is 0 Å². The maximum absolute atomic E-state index is 12.8. The second-order valence-corrected chi connectivity index (χ2v) is 5.67. The second-order valence-electron chi connectivity index (χ2n) is 5.67. The Morgan fingerprint density at radius 1 is 1.44 bits per heavy atom. The zero-order valence-corrected chi connectivity index (χ0v) is 15.4. The van der Waals surface area contributed by atoms with Crippen molar-refractivity contribution < 1.29 is 19.2 Å². The van der Waals surface area contributed by atoms with Crippen LogP contribution in [-0.4, -0.2) is 56.1 Å². The summed E-state index contributed by atoms with van der Waals surface area (Å²) in [6.45, 7) is 4.17. The molecule has 2 rings (SSSR count). The Morgan fingerprint density at radius 3 is 2.72 bits per heavy atom. The lowest BCUT2D eigenvalue weighted by Crippen LogP contribution is -2.30. The molecular formula is C16H24ClN3O5. The van der Waals surface area contributed by atoms with Crippen molar-refractivity contribution in [2.45, 2.75) is 13.3 Å². The number of benzene rings is 1. The fourth-order valence-electron chi connectivity index (χ4n) is 2.94. The zero-order chi connectivity index (χ0) is 17.7. The van der Waals surface area contributed by atoms with E-state index in [9.17, 15) is 14.9 Å². The number of nitrogens with zero attached hydrogens (tertiary/aromatic N) is 2. The minimum Gasteiger partial charge on any atom is -0.493 e. The summed E-state index contributed by atoms with van der Waals surface area (Å²) in [7, 11) is 3.28. The van der Waals surface area contributed by atoms with E-state index < -0.39 is 4.92 Å². The third-order valence-electron chi connectivity index (χ3n) is 4.07. The first-order valence-electron chi connectivity index (χ1n) is 7.94. The van der Waals surface area contributed by atoms with E-state index in [-0.39, 0.29) is 35.3 Å². The number of nitrogens with one attached hydrogen (secondary N) is 1. The molecule has 25 heavy (non-hydrogen) atoms. The molecule has 0 saturated carbocycles. The van der Waals surface area contributed by atoms with Crippen molar-refractivity contribution in [3.8, 4) is 11.5 Å². The van der Waals surface area contributed by atoms with Crippen molar-refractivity contribution in [1.29, 1.82) is 0 Å². The minimum absolute atomic E-state index is 0. The largest absolute Gasteiger partial charge is 0.493 e. The molecule has 1 aliphatic heterocycles. The van der Waals surface area contributed by atoms with Crippen molar-refractivity contribution >= 4 is 24.0 Å². The van der Waals surface area contributed by atoms with Gasteiger partial charge >= 0.3 is 0 Å². The van der Waals surface area contributed by atoms with Gasteiger partial charge in [0.05, 0.1) is 24.7 Å². The van der Waals surface area contributed by atoms with E-state index in [4.69, 9.17) is 9.47 Å². The van der Waals surface area contributed by atoms with Crippen LogP contribution in [0.5, 0.6) is 11.5 Å². The standard InChI is InChI=1S/C16H23N3O5.ClH/c1-4-24-15-7-12(13(19(21)22)8-14(15)23-3)16(20)18-6-5-11(10-18)9-17-2;/h7-8,11,17H,4-6,9-10H2,1-3H3;1H. The van der Waals surface area contributed by atoms with Crippen LogP contribution >= 0.6 is 12.4 Å². The van der Waals surface area contributed by atoms with Crippen LogP contribution in [0.3, 0.4) is 0 Å². The SMILES string of the molecule is CCOc1cc(C(=O)N2CCC(CNC)C2)c([N+](=O)[O-])cc1OC.Cl. The van der Waals surface area contributed by atoms with Gasteiger partial charge in [-0.3, -0.25) is 14.9 Å². The molecule has 1 aromatic rings. The van der Waals surface area contributed by atoms with Gasteiger partial charge in [0.1, 0.15) is 5.56 Å². The Kier molecular flexibility index (Phi) is 7.92. The molecule has 1 fully saturated rings. The smallest absolute Gasteiger partial charge is 0.286 e. The van der Waals surface area contributed by atoms with Gasteiger partial charge in [0, 0.05) is 19.2 Å². The van der Waals surface area contributed by atoms with Crippen LogP contribution in [0.25, 0.3) is 0 Å². The maximum Gasteiger partial charge on any atom is 0.286 e. The summed E-state index contributed by atoms with van der Waals surface area (Å²) in [6.07, 6.45) is 0.884. The number of hydrogen-bond donors (Lipinski definition) is 1. The molecule has 1 atom stereocenters. The number of ether oxygens (including phenoxy) is 2. The van der Waals surface area contributed by atoms with E-state index in [2.05, 4.69) is 5.32 Å². The highest BCUT2D eigenvalue weighted by Crippen LogP contribution is 2.36. The molecule has 0 radical (unpaired) electrons. The number of hydrogen-bond acceptors (Lipinski definition) is 6. The monoisotopic (exact) mass is 373 g/mol. The molecule has 0 spiro atoms. The molecule has 9 heteroatoms. The van der Waals surface area contributed by atoms with Crippen LogP contribution in [-0.2, 0) is 0 Å².